The van der Waals surface area contributed by atoms with Gasteiger partial charge in [-0.05, 0) is 38.3 Å². The van der Waals surface area contributed by atoms with Crippen molar-refractivity contribution in [1.82, 2.24) is 14.5 Å². The van der Waals surface area contributed by atoms with Gasteiger partial charge in [0.15, 0.2) is 0 Å². The second-order valence-corrected chi connectivity index (χ2v) is 6.18. The first-order valence-electron chi connectivity index (χ1n) is 7.77. The Labute approximate surface area is 116 Å². The summed E-state index contributed by atoms with van der Waals surface area (Å²) < 4.78 is 2.42. The second-order valence-electron chi connectivity index (χ2n) is 6.18. The second kappa shape index (κ2) is 5.63. The minimum absolute atomic E-state index is 0.335. The third-order valence-corrected chi connectivity index (χ3v) is 4.74. The fraction of sp³-hybridized carbons (Fsp3) is 0.800. The van der Waals surface area contributed by atoms with Gasteiger partial charge in [-0.2, -0.15) is 0 Å². The molecule has 2 unspecified atom stereocenters. The topological polar surface area (TPSA) is 47.1 Å². The van der Waals surface area contributed by atoms with Crippen molar-refractivity contribution in [2.24, 2.45) is 11.7 Å². The number of fused-ring (bicyclic) bond motifs is 1. The van der Waals surface area contributed by atoms with Crippen molar-refractivity contribution in [2.75, 3.05) is 19.6 Å². The van der Waals surface area contributed by atoms with Crippen LogP contribution in [0.4, 0.5) is 0 Å². The highest BCUT2D eigenvalue weighted by Crippen LogP contribution is 2.23. The lowest BCUT2D eigenvalue weighted by Gasteiger charge is -2.32. The van der Waals surface area contributed by atoms with Gasteiger partial charge in [0.05, 0.1) is 0 Å². The highest BCUT2D eigenvalue weighted by molar-refractivity contribution is 5.10. The van der Waals surface area contributed by atoms with Crippen LogP contribution in [0.3, 0.4) is 0 Å². The molecule has 0 aliphatic carbocycles. The van der Waals surface area contributed by atoms with Crippen molar-refractivity contribution in [1.29, 1.82) is 0 Å². The van der Waals surface area contributed by atoms with Gasteiger partial charge < -0.3 is 15.2 Å². The highest BCUT2D eigenvalue weighted by Gasteiger charge is 2.23. The zero-order chi connectivity index (χ0) is 13.2. The number of nitrogens with two attached hydrogens (primary N) is 1. The van der Waals surface area contributed by atoms with E-state index in [1.165, 1.54) is 44.0 Å². The Hall–Kier alpha value is -0.870. The molecular weight excluding hydrogens is 236 g/mol. The van der Waals surface area contributed by atoms with Crippen molar-refractivity contribution in [3.63, 3.8) is 0 Å². The molecule has 0 radical (unpaired) electrons. The van der Waals surface area contributed by atoms with Crippen LogP contribution < -0.4 is 5.73 Å². The molecule has 4 nitrogen and oxygen atoms in total. The summed E-state index contributed by atoms with van der Waals surface area (Å²) in [5.74, 6) is 2.08. The van der Waals surface area contributed by atoms with E-state index < -0.39 is 0 Å². The molecule has 0 saturated carbocycles. The van der Waals surface area contributed by atoms with Crippen LogP contribution in [0.5, 0.6) is 0 Å². The number of rotatable bonds is 3. The number of likely N-dealkylation sites (tertiary alicyclic amines) is 1. The predicted octanol–water partition coefficient (Wildman–Crippen LogP) is 1.43. The molecule has 2 N–H and O–H groups in total. The van der Waals surface area contributed by atoms with Crippen molar-refractivity contribution in [2.45, 2.75) is 51.6 Å². The normalized spacial score (nSPS) is 28.3. The van der Waals surface area contributed by atoms with Gasteiger partial charge in [0.2, 0.25) is 0 Å². The van der Waals surface area contributed by atoms with Crippen molar-refractivity contribution >= 4 is 0 Å². The number of nitrogens with zero attached hydrogens (tertiary/aromatic N) is 3. The summed E-state index contributed by atoms with van der Waals surface area (Å²) in [7, 11) is 0. The fourth-order valence-corrected chi connectivity index (χ4v) is 3.58. The van der Waals surface area contributed by atoms with Gasteiger partial charge in [-0.3, -0.25) is 0 Å². The van der Waals surface area contributed by atoms with Gasteiger partial charge >= 0.3 is 0 Å². The summed E-state index contributed by atoms with van der Waals surface area (Å²) in [5, 5.41) is 0. The molecular formula is C15H26N4. The van der Waals surface area contributed by atoms with Crippen LogP contribution in [-0.4, -0.2) is 40.1 Å². The molecule has 2 atom stereocenters. The Kier molecular flexibility index (Phi) is 3.89. The minimum atomic E-state index is 0.335. The Morgan fingerprint density at radius 3 is 3.11 bits per heavy atom. The lowest BCUT2D eigenvalue weighted by atomic mass is 9.94. The van der Waals surface area contributed by atoms with Crippen LogP contribution in [0.25, 0.3) is 0 Å². The standard InChI is InChI=1S/C15H26N4/c1-2-18-6-3-4-12(11-18)8-15-17-10-14-9-13(16)5-7-19(14)15/h10,12-13H,2-9,11,16H2,1H3. The van der Waals surface area contributed by atoms with Crippen LogP contribution >= 0.6 is 0 Å². The lowest BCUT2D eigenvalue weighted by Crippen LogP contribution is -2.36. The molecule has 1 fully saturated rings. The van der Waals surface area contributed by atoms with Crippen molar-refractivity contribution in [3.8, 4) is 0 Å². The summed E-state index contributed by atoms with van der Waals surface area (Å²) in [6, 6.07) is 0.335. The summed E-state index contributed by atoms with van der Waals surface area (Å²) in [4.78, 5) is 7.24. The Morgan fingerprint density at radius 2 is 2.26 bits per heavy atom. The summed E-state index contributed by atoms with van der Waals surface area (Å²) in [6.45, 7) is 7.04. The van der Waals surface area contributed by atoms with Gasteiger partial charge in [0, 0.05) is 43.9 Å². The summed E-state index contributed by atoms with van der Waals surface area (Å²) >= 11 is 0. The molecule has 3 heterocycles. The van der Waals surface area contributed by atoms with E-state index in [0.717, 1.165) is 31.7 Å². The molecule has 106 valence electrons. The molecule has 0 amide bonds. The summed E-state index contributed by atoms with van der Waals surface area (Å²) in [6.07, 6.45) is 8.00. The largest absolute Gasteiger partial charge is 0.332 e. The molecule has 4 heteroatoms. The molecule has 3 rings (SSSR count). The van der Waals surface area contributed by atoms with Crippen molar-refractivity contribution in [3.05, 3.63) is 17.7 Å². The van der Waals surface area contributed by atoms with Gasteiger partial charge in [-0.15, -0.1) is 0 Å². The molecule has 19 heavy (non-hydrogen) atoms. The van der Waals surface area contributed by atoms with E-state index >= 15 is 0 Å². The molecule has 0 bridgehead atoms. The number of hydrogen-bond acceptors (Lipinski definition) is 3. The molecule has 2 aliphatic heterocycles. The SMILES string of the molecule is CCN1CCCC(Cc2ncc3n2CCC(N)C3)C1. The molecule has 2 aliphatic rings. The average Bonchev–Trinajstić information content (AvgIpc) is 2.81. The summed E-state index contributed by atoms with van der Waals surface area (Å²) in [5.41, 5.74) is 7.38. The van der Waals surface area contributed by atoms with E-state index in [0.29, 0.717) is 6.04 Å². The van der Waals surface area contributed by atoms with E-state index in [1.54, 1.807) is 0 Å². The Bertz CT molecular complexity index is 426. The maximum atomic E-state index is 6.03. The monoisotopic (exact) mass is 262 g/mol. The van der Waals surface area contributed by atoms with Crippen LogP contribution in [0.2, 0.25) is 0 Å². The van der Waals surface area contributed by atoms with E-state index in [4.69, 9.17) is 5.73 Å². The average molecular weight is 262 g/mol. The molecule has 1 saturated heterocycles. The number of aromatic nitrogens is 2. The maximum absolute atomic E-state index is 6.03. The minimum Gasteiger partial charge on any atom is -0.332 e. The van der Waals surface area contributed by atoms with Crippen LogP contribution in [0.15, 0.2) is 6.20 Å². The fourth-order valence-electron chi connectivity index (χ4n) is 3.58. The van der Waals surface area contributed by atoms with Gasteiger partial charge in [-0.25, -0.2) is 4.98 Å². The molecule has 0 aromatic carbocycles. The van der Waals surface area contributed by atoms with Gasteiger partial charge in [0.25, 0.3) is 0 Å². The van der Waals surface area contributed by atoms with Gasteiger partial charge in [-0.1, -0.05) is 6.92 Å². The van der Waals surface area contributed by atoms with Gasteiger partial charge in [0.1, 0.15) is 5.82 Å². The maximum Gasteiger partial charge on any atom is 0.109 e. The molecule has 0 spiro atoms. The Balaban J connectivity index is 1.67. The van der Waals surface area contributed by atoms with E-state index in [1.807, 2.05) is 0 Å². The number of piperidine rings is 1. The zero-order valence-corrected chi connectivity index (χ0v) is 12.0. The Morgan fingerprint density at radius 1 is 1.37 bits per heavy atom. The van der Waals surface area contributed by atoms with Crippen LogP contribution in [0, 0.1) is 5.92 Å². The number of imidazole rings is 1. The first-order valence-corrected chi connectivity index (χ1v) is 7.77. The third kappa shape index (κ3) is 2.84. The van der Waals surface area contributed by atoms with E-state index in [-0.39, 0.29) is 0 Å². The zero-order valence-electron chi connectivity index (χ0n) is 12.0. The van der Waals surface area contributed by atoms with Crippen LogP contribution in [0.1, 0.15) is 37.7 Å². The third-order valence-electron chi connectivity index (χ3n) is 4.74. The van der Waals surface area contributed by atoms with Crippen molar-refractivity contribution < 1.29 is 0 Å². The smallest absolute Gasteiger partial charge is 0.109 e. The quantitative estimate of drug-likeness (QED) is 0.896. The first kappa shape index (κ1) is 13.1. The predicted molar refractivity (Wildman–Crippen MR) is 77.1 cm³/mol. The van der Waals surface area contributed by atoms with Crippen LogP contribution in [-0.2, 0) is 19.4 Å². The van der Waals surface area contributed by atoms with E-state index in [9.17, 15) is 0 Å². The highest BCUT2D eigenvalue weighted by atomic mass is 15.1. The van der Waals surface area contributed by atoms with E-state index in [2.05, 4.69) is 27.6 Å². The lowest BCUT2D eigenvalue weighted by molar-refractivity contribution is 0.180. The number of hydrogen-bond donors (Lipinski definition) is 1. The molecule has 1 aromatic rings. The molecule has 1 aromatic heterocycles. The first-order chi connectivity index (χ1) is 9.26.